The molecule has 1 aliphatic heterocycles. The summed E-state index contributed by atoms with van der Waals surface area (Å²) in [5.41, 5.74) is 3.31. The van der Waals surface area contributed by atoms with E-state index in [0.29, 0.717) is 18.7 Å². The summed E-state index contributed by atoms with van der Waals surface area (Å²) in [7, 11) is 0. The van der Waals surface area contributed by atoms with Crippen LogP contribution < -0.4 is 10.4 Å². The maximum absolute atomic E-state index is 11.0. The van der Waals surface area contributed by atoms with Gasteiger partial charge in [0.15, 0.2) is 0 Å². The van der Waals surface area contributed by atoms with Gasteiger partial charge in [0.05, 0.1) is 11.3 Å². The topological polar surface area (TPSA) is 69.6 Å². The van der Waals surface area contributed by atoms with E-state index in [1.54, 1.807) is 23.2 Å². The van der Waals surface area contributed by atoms with Crippen molar-refractivity contribution >= 4 is 17.6 Å². The van der Waals surface area contributed by atoms with Crippen molar-refractivity contribution in [2.75, 3.05) is 11.6 Å². The summed E-state index contributed by atoms with van der Waals surface area (Å²) in [5.74, 6) is -1.08. The number of rotatable bonds is 2. The SMILES string of the molecule is O=C1CCN(c2ccccc2C(=O)O)N1. The number of amides is 1. The summed E-state index contributed by atoms with van der Waals surface area (Å²) in [6, 6.07) is 6.59. The minimum atomic E-state index is -0.994. The second-order valence-electron chi connectivity index (χ2n) is 3.26. The van der Waals surface area contributed by atoms with E-state index >= 15 is 0 Å². The van der Waals surface area contributed by atoms with E-state index in [9.17, 15) is 9.59 Å². The Kier molecular flexibility index (Phi) is 2.29. The second-order valence-corrected chi connectivity index (χ2v) is 3.26. The second kappa shape index (κ2) is 3.61. The molecule has 1 aliphatic rings. The molecule has 15 heavy (non-hydrogen) atoms. The molecule has 1 amide bonds. The fourth-order valence-corrected chi connectivity index (χ4v) is 1.55. The van der Waals surface area contributed by atoms with Crippen molar-refractivity contribution in [1.29, 1.82) is 0 Å². The van der Waals surface area contributed by atoms with E-state index in [1.165, 1.54) is 6.07 Å². The third-order valence-corrected chi connectivity index (χ3v) is 2.25. The van der Waals surface area contributed by atoms with Crippen molar-refractivity contribution in [3.63, 3.8) is 0 Å². The summed E-state index contributed by atoms with van der Waals surface area (Å²) in [5, 5.41) is 10.5. The number of aromatic carboxylic acids is 1. The quantitative estimate of drug-likeness (QED) is 0.744. The molecule has 0 aromatic heterocycles. The number of anilines is 1. The number of carbonyl (C=O) groups excluding carboxylic acids is 1. The normalized spacial score (nSPS) is 15.2. The van der Waals surface area contributed by atoms with Crippen LogP contribution in [0.1, 0.15) is 16.8 Å². The first-order valence-electron chi connectivity index (χ1n) is 4.58. The smallest absolute Gasteiger partial charge is 0.337 e. The van der Waals surface area contributed by atoms with Crippen molar-refractivity contribution in [1.82, 2.24) is 5.43 Å². The van der Waals surface area contributed by atoms with Crippen molar-refractivity contribution in [2.45, 2.75) is 6.42 Å². The van der Waals surface area contributed by atoms with Gasteiger partial charge in [-0.2, -0.15) is 0 Å². The lowest BCUT2D eigenvalue weighted by Gasteiger charge is -2.18. The van der Waals surface area contributed by atoms with Crippen LogP contribution in [0.25, 0.3) is 0 Å². The van der Waals surface area contributed by atoms with Crippen molar-refractivity contribution < 1.29 is 14.7 Å². The van der Waals surface area contributed by atoms with Crippen LogP contribution in [0.15, 0.2) is 24.3 Å². The number of carboxylic acid groups (broad SMARTS) is 1. The van der Waals surface area contributed by atoms with Crippen LogP contribution in [0, 0.1) is 0 Å². The molecular weight excluding hydrogens is 196 g/mol. The highest BCUT2D eigenvalue weighted by Crippen LogP contribution is 2.20. The van der Waals surface area contributed by atoms with Gasteiger partial charge in [0.2, 0.25) is 5.91 Å². The average molecular weight is 206 g/mol. The molecule has 2 rings (SSSR count). The van der Waals surface area contributed by atoms with Crippen LogP contribution in [-0.2, 0) is 4.79 Å². The molecule has 2 N–H and O–H groups in total. The predicted octanol–water partition coefficient (Wildman–Crippen LogP) is 0.626. The first-order chi connectivity index (χ1) is 7.18. The first kappa shape index (κ1) is 9.51. The molecule has 0 saturated carbocycles. The highest BCUT2D eigenvalue weighted by Gasteiger charge is 2.22. The minimum absolute atomic E-state index is 0.0878. The number of nitrogens with zero attached hydrogens (tertiary/aromatic N) is 1. The van der Waals surface area contributed by atoms with E-state index < -0.39 is 5.97 Å². The van der Waals surface area contributed by atoms with Crippen LogP contribution in [0.5, 0.6) is 0 Å². The molecule has 5 nitrogen and oxygen atoms in total. The standard InChI is InChI=1S/C10H10N2O3/c13-9-5-6-12(11-9)8-4-2-1-3-7(8)10(14)15/h1-4H,5-6H2,(H,11,13)(H,14,15). The van der Waals surface area contributed by atoms with Crippen LogP contribution in [0.2, 0.25) is 0 Å². The van der Waals surface area contributed by atoms with E-state index in [1.807, 2.05) is 0 Å². The molecule has 1 aromatic carbocycles. The Morgan fingerprint density at radius 2 is 2.13 bits per heavy atom. The van der Waals surface area contributed by atoms with Crippen molar-refractivity contribution in [3.05, 3.63) is 29.8 Å². The molecule has 0 atom stereocenters. The summed E-state index contributed by atoms with van der Waals surface area (Å²) in [6.07, 6.45) is 0.397. The third-order valence-electron chi connectivity index (χ3n) is 2.25. The zero-order valence-electron chi connectivity index (χ0n) is 7.93. The van der Waals surface area contributed by atoms with E-state index in [2.05, 4.69) is 5.43 Å². The van der Waals surface area contributed by atoms with Gasteiger partial charge in [-0.15, -0.1) is 0 Å². The van der Waals surface area contributed by atoms with Gasteiger partial charge >= 0.3 is 5.97 Å². The summed E-state index contributed by atoms with van der Waals surface area (Å²) in [6.45, 7) is 0.503. The molecule has 0 spiro atoms. The lowest BCUT2D eigenvalue weighted by atomic mass is 10.2. The molecule has 5 heteroatoms. The molecule has 78 valence electrons. The Morgan fingerprint density at radius 1 is 1.40 bits per heavy atom. The number of carbonyl (C=O) groups is 2. The third kappa shape index (κ3) is 1.76. The highest BCUT2D eigenvalue weighted by molar-refractivity contribution is 5.95. The molecule has 0 unspecified atom stereocenters. The van der Waals surface area contributed by atoms with Crippen molar-refractivity contribution in [3.8, 4) is 0 Å². The molecule has 1 fully saturated rings. The Bertz CT molecular complexity index is 417. The Balaban J connectivity index is 2.35. The average Bonchev–Trinajstić information content (AvgIpc) is 2.65. The van der Waals surface area contributed by atoms with E-state index in [4.69, 9.17) is 5.11 Å². The zero-order valence-corrected chi connectivity index (χ0v) is 7.93. The van der Waals surface area contributed by atoms with Crippen LogP contribution >= 0.6 is 0 Å². The van der Waals surface area contributed by atoms with Gasteiger partial charge in [0, 0.05) is 13.0 Å². The minimum Gasteiger partial charge on any atom is -0.478 e. The monoisotopic (exact) mass is 206 g/mol. The van der Waals surface area contributed by atoms with Gasteiger partial charge < -0.3 is 5.11 Å². The number of carboxylic acids is 1. The number of hydrogen-bond donors (Lipinski definition) is 2. The Labute approximate surface area is 86.3 Å². The summed E-state index contributed by atoms with van der Waals surface area (Å²) >= 11 is 0. The number of hydrazine groups is 1. The maximum atomic E-state index is 11.0. The highest BCUT2D eigenvalue weighted by atomic mass is 16.4. The lowest BCUT2D eigenvalue weighted by molar-refractivity contribution is -0.119. The van der Waals surface area contributed by atoms with E-state index in [-0.39, 0.29) is 11.5 Å². The molecule has 1 aromatic rings. The first-order valence-corrected chi connectivity index (χ1v) is 4.58. The fourth-order valence-electron chi connectivity index (χ4n) is 1.55. The zero-order chi connectivity index (χ0) is 10.8. The molecule has 1 heterocycles. The summed E-state index contributed by atoms with van der Waals surface area (Å²) < 4.78 is 0. The van der Waals surface area contributed by atoms with Gasteiger partial charge in [-0.1, -0.05) is 12.1 Å². The van der Waals surface area contributed by atoms with Crippen LogP contribution in [0.4, 0.5) is 5.69 Å². The fraction of sp³-hybridized carbons (Fsp3) is 0.200. The van der Waals surface area contributed by atoms with Crippen LogP contribution in [-0.4, -0.2) is 23.5 Å². The molecule has 0 aliphatic carbocycles. The number of nitrogens with one attached hydrogen (secondary N) is 1. The van der Waals surface area contributed by atoms with Crippen molar-refractivity contribution in [2.24, 2.45) is 0 Å². The largest absolute Gasteiger partial charge is 0.478 e. The number of benzene rings is 1. The Hall–Kier alpha value is -2.04. The lowest BCUT2D eigenvalue weighted by Crippen LogP contribution is -2.34. The van der Waals surface area contributed by atoms with Gasteiger partial charge in [0.25, 0.3) is 0 Å². The molecule has 0 bridgehead atoms. The summed E-state index contributed by atoms with van der Waals surface area (Å²) in [4.78, 5) is 21.9. The number of para-hydroxylation sites is 1. The van der Waals surface area contributed by atoms with Gasteiger partial charge in [0.1, 0.15) is 0 Å². The van der Waals surface area contributed by atoms with E-state index in [0.717, 1.165) is 0 Å². The van der Waals surface area contributed by atoms with Gasteiger partial charge in [-0.3, -0.25) is 15.2 Å². The Morgan fingerprint density at radius 3 is 2.73 bits per heavy atom. The maximum Gasteiger partial charge on any atom is 0.337 e. The van der Waals surface area contributed by atoms with Crippen LogP contribution in [0.3, 0.4) is 0 Å². The van der Waals surface area contributed by atoms with Gasteiger partial charge in [-0.05, 0) is 12.1 Å². The van der Waals surface area contributed by atoms with Gasteiger partial charge in [-0.25, -0.2) is 4.79 Å². The predicted molar refractivity (Wildman–Crippen MR) is 53.5 cm³/mol. The molecule has 0 radical (unpaired) electrons. The molecule has 1 saturated heterocycles. The molecular formula is C10H10N2O3. The number of hydrogen-bond acceptors (Lipinski definition) is 3.